The maximum atomic E-state index is 12.3. The lowest BCUT2D eigenvalue weighted by molar-refractivity contribution is -0.385. The molecule has 1 aliphatic rings. The summed E-state index contributed by atoms with van der Waals surface area (Å²) in [7, 11) is 1.37. The predicted molar refractivity (Wildman–Crippen MR) is 102 cm³/mol. The monoisotopic (exact) mass is 396 g/mol. The van der Waals surface area contributed by atoms with E-state index in [1.54, 1.807) is 6.07 Å². The third kappa shape index (κ3) is 5.59. The summed E-state index contributed by atoms with van der Waals surface area (Å²) in [6.07, 6.45) is 4.43. The fourth-order valence-corrected chi connectivity index (χ4v) is 4.03. The zero-order valence-corrected chi connectivity index (χ0v) is 16.0. The van der Waals surface area contributed by atoms with Gasteiger partial charge in [-0.15, -0.1) is 11.8 Å². The van der Waals surface area contributed by atoms with Crippen molar-refractivity contribution in [3.8, 4) is 5.75 Å². The molecule has 0 atom stereocenters. The van der Waals surface area contributed by atoms with Crippen LogP contribution >= 0.6 is 11.8 Å². The summed E-state index contributed by atoms with van der Waals surface area (Å²) >= 11 is 1.28. The van der Waals surface area contributed by atoms with Crippen LogP contribution in [0.5, 0.6) is 5.75 Å². The minimum absolute atomic E-state index is 0.0921. The van der Waals surface area contributed by atoms with E-state index in [1.807, 2.05) is 0 Å². The summed E-state index contributed by atoms with van der Waals surface area (Å²) in [6.45, 7) is 0. The van der Waals surface area contributed by atoms with Gasteiger partial charge in [0.2, 0.25) is 5.91 Å². The van der Waals surface area contributed by atoms with Crippen molar-refractivity contribution in [1.29, 1.82) is 0 Å². The molecule has 0 aliphatic heterocycles. The van der Waals surface area contributed by atoms with Crippen molar-refractivity contribution in [3.63, 3.8) is 0 Å². The van der Waals surface area contributed by atoms with Crippen LogP contribution < -0.4 is 10.1 Å². The van der Waals surface area contributed by atoms with E-state index < -0.39 is 16.4 Å². The lowest BCUT2D eigenvalue weighted by Crippen LogP contribution is -2.54. The number of hydrogen-bond donors (Lipinski definition) is 2. The van der Waals surface area contributed by atoms with Crippen LogP contribution in [0.4, 0.5) is 5.69 Å². The first kappa shape index (κ1) is 21.0. The molecule has 0 aromatic heterocycles. The van der Waals surface area contributed by atoms with Crippen molar-refractivity contribution < 1.29 is 24.4 Å². The Morgan fingerprint density at radius 3 is 2.52 bits per heavy atom. The van der Waals surface area contributed by atoms with Gasteiger partial charge in [-0.05, 0) is 24.5 Å². The Kier molecular flexibility index (Phi) is 7.46. The van der Waals surface area contributed by atoms with Crippen molar-refractivity contribution in [2.75, 3.05) is 12.9 Å². The van der Waals surface area contributed by atoms with Gasteiger partial charge in [0.25, 0.3) is 0 Å². The highest BCUT2D eigenvalue weighted by molar-refractivity contribution is 7.99. The summed E-state index contributed by atoms with van der Waals surface area (Å²) < 4.78 is 4.96. The summed E-state index contributed by atoms with van der Waals surface area (Å²) in [5.74, 6) is -0.628. The molecule has 0 unspecified atom stereocenters. The van der Waals surface area contributed by atoms with Gasteiger partial charge >= 0.3 is 11.7 Å². The van der Waals surface area contributed by atoms with E-state index in [0.717, 1.165) is 25.7 Å². The number of thioether (sulfide) groups is 1. The van der Waals surface area contributed by atoms with Crippen LogP contribution in [0, 0.1) is 10.1 Å². The number of carbonyl (C=O) groups excluding carboxylic acids is 1. The van der Waals surface area contributed by atoms with Gasteiger partial charge in [-0.3, -0.25) is 14.9 Å². The van der Waals surface area contributed by atoms with Gasteiger partial charge in [-0.1, -0.05) is 31.7 Å². The molecule has 0 bridgehead atoms. The fraction of sp³-hybridized carbons (Fsp3) is 0.556. The van der Waals surface area contributed by atoms with Crippen LogP contribution in [0.3, 0.4) is 0 Å². The molecular formula is C18H24N2O6S. The van der Waals surface area contributed by atoms with Gasteiger partial charge in [0, 0.05) is 11.8 Å². The normalized spacial score (nSPS) is 16.2. The van der Waals surface area contributed by atoms with E-state index in [-0.39, 0.29) is 23.1 Å². The maximum Gasteiger partial charge on any atom is 0.329 e. The van der Waals surface area contributed by atoms with E-state index in [2.05, 4.69) is 5.32 Å². The molecule has 0 spiro atoms. The van der Waals surface area contributed by atoms with Gasteiger partial charge in [0.05, 0.1) is 17.8 Å². The van der Waals surface area contributed by atoms with Crippen LogP contribution in [-0.4, -0.2) is 40.3 Å². The van der Waals surface area contributed by atoms with Crippen molar-refractivity contribution in [1.82, 2.24) is 5.32 Å². The van der Waals surface area contributed by atoms with E-state index in [0.29, 0.717) is 24.2 Å². The minimum Gasteiger partial charge on any atom is -0.490 e. The summed E-state index contributed by atoms with van der Waals surface area (Å²) in [6, 6.07) is 4.66. The van der Waals surface area contributed by atoms with E-state index in [1.165, 1.54) is 31.0 Å². The first-order valence-corrected chi connectivity index (χ1v) is 9.97. The molecule has 8 nitrogen and oxygen atoms in total. The maximum absolute atomic E-state index is 12.3. The van der Waals surface area contributed by atoms with Crippen LogP contribution in [-0.2, 0) is 15.3 Å². The predicted octanol–water partition coefficient (Wildman–Crippen LogP) is 3.13. The number of benzene rings is 1. The van der Waals surface area contributed by atoms with Gasteiger partial charge in [-0.2, -0.15) is 0 Å². The second kappa shape index (κ2) is 9.59. The molecule has 1 aromatic rings. The molecule has 1 aliphatic carbocycles. The Labute approximate surface area is 161 Å². The fourth-order valence-electron chi connectivity index (χ4n) is 3.26. The first-order chi connectivity index (χ1) is 12.9. The number of rotatable bonds is 8. The quantitative estimate of drug-likeness (QED) is 0.393. The zero-order chi connectivity index (χ0) is 19.9. The second-order valence-electron chi connectivity index (χ2n) is 6.61. The summed E-state index contributed by atoms with van der Waals surface area (Å²) in [4.78, 5) is 34.6. The number of nitro benzene ring substituents is 1. The van der Waals surface area contributed by atoms with Crippen molar-refractivity contribution in [3.05, 3.63) is 33.9 Å². The second-order valence-corrected chi connectivity index (χ2v) is 7.59. The highest BCUT2D eigenvalue weighted by atomic mass is 32.2. The average Bonchev–Trinajstić information content (AvgIpc) is 2.88. The van der Waals surface area contributed by atoms with Crippen molar-refractivity contribution in [2.24, 2.45) is 0 Å². The SMILES string of the molecule is COc1ccc(CSCC(=O)NC2(C(=O)O)CCCCCC2)cc1[N+](=O)[O-]. The van der Waals surface area contributed by atoms with Crippen molar-refractivity contribution in [2.45, 2.75) is 49.8 Å². The lowest BCUT2D eigenvalue weighted by Gasteiger charge is -2.29. The molecule has 148 valence electrons. The topological polar surface area (TPSA) is 119 Å². The molecule has 9 heteroatoms. The van der Waals surface area contributed by atoms with Crippen LogP contribution in [0.1, 0.15) is 44.1 Å². The van der Waals surface area contributed by atoms with Crippen LogP contribution in [0.25, 0.3) is 0 Å². The van der Waals surface area contributed by atoms with E-state index in [4.69, 9.17) is 4.74 Å². The number of amides is 1. The zero-order valence-electron chi connectivity index (χ0n) is 15.2. The van der Waals surface area contributed by atoms with E-state index in [9.17, 15) is 24.8 Å². The van der Waals surface area contributed by atoms with Gasteiger partial charge in [0.1, 0.15) is 5.54 Å². The lowest BCUT2D eigenvalue weighted by atomic mass is 9.90. The Hall–Kier alpha value is -2.29. The molecule has 1 saturated carbocycles. The Morgan fingerprint density at radius 2 is 1.96 bits per heavy atom. The van der Waals surface area contributed by atoms with Gasteiger partial charge in [0.15, 0.2) is 5.75 Å². The molecule has 0 radical (unpaired) electrons. The Morgan fingerprint density at radius 1 is 1.30 bits per heavy atom. The molecule has 0 heterocycles. The molecular weight excluding hydrogens is 372 g/mol. The Bertz CT molecular complexity index is 701. The Balaban J connectivity index is 1.92. The number of carboxylic acids is 1. The van der Waals surface area contributed by atoms with Gasteiger partial charge in [-0.25, -0.2) is 4.79 Å². The number of nitrogens with one attached hydrogen (secondary N) is 1. The number of carbonyl (C=O) groups is 2. The standard InChI is InChI=1S/C18H24N2O6S/c1-26-15-7-6-13(10-14(15)20(24)25)11-27-12-16(21)19-18(17(22)23)8-4-2-3-5-9-18/h6-7,10H,2-5,8-9,11-12H2,1H3,(H,19,21)(H,22,23). The summed E-state index contributed by atoms with van der Waals surface area (Å²) in [5.41, 5.74) is -0.599. The highest BCUT2D eigenvalue weighted by Crippen LogP contribution is 2.30. The first-order valence-electron chi connectivity index (χ1n) is 8.81. The number of nitrogens with zero attached hydrogens (tertiary/aromatic N) is 1. The van der Waals surface area contributed by atoms with Gasteiger partial charge < -0.3 is 15.2 Å². The average molecular weight is 396 g/mol. The minimum atomic E-state index is -1.17. The third-order valence-corrected chi connectivity index (χ3v) is 5.69. The molecule has 2 N–H and O–H groups in total. The number of hydrogen-bond acceptors (Lipinski definition) is 6. The van der Waals surface area contributed by atoms with Crippen molar-refractivity contribution >= 4 is 29.3 Å². The number of carboxylic acid groups (broad SMARTS) is 1. The number of methoxy groups -OCH3 is 1. The highest BCUT2D eigenvalue weighted by Gasteiger charge is 2.39. The largest absolute Gasteiger partial charge is 0.490 e. The smallest absolute Gasteiger partial charge is 0.329 e. The van der Waals surface area contributed by atoms with Crippen LogP contribution in [0.15, 0.2) is 18.2 Å². The molecule has 1 amide bonds. The number of ether oxygens (including phenoxy) is 1. The molecule has 1 aromatic carbocycles. The molecule has 1 fully saturated rings. The third-order valence-electron chi connectivity index (χ3n) is 4.69. The summed E-state index contributed by atoms with van der Waals surface area (Å²) in [5, 5.41) is 23.4. The number of aliphatic carboxylic acids is 1. The molecule has 2 rings (SSSR count). The molecule has 0 saturated heterocycles. The number of nitro groups is 1. The van der Waals surface area contributed by atoms with Crippen LogP contribution in [0.2, 0.25) is 0 Å². The molecule has 27 heavy (non-hydrogen) atoms. The van der Waals surface area contributed by atoms with E-state index >= 15 is 0 Å².